The summed E-state index contributed by atoms with van der Waals surface area (Å²) < 4.78 is 1.71. The second kappa shape index (κ2) is 7.81. The van der Waals surface area contributed by atoms with Crippen molar-refractivity contribution in [3.63, 3.8) is 0 Å². The third kappa shape index (κ3) is 4.55. The van der Waals surface area contributed by atoms with Crippen LogP contribution in [0.1, 0.15) is 10.4 Å². The number of benzene rings is 1. The molecule has 1 aliphatic heterocycles. The van der Waals surface area contributed by atoms with E-state index < -0.39 is 0 Å². The van der Waals surface area contributed by atoms with Gasteiger partial charge in [-0.15, -0.1) is 11.3 Å². The van der Waals surface area contributed by atoms with Crippen molar-refractivity contribution in [1.29, 1.82) is 0 Å². The molecule has 7 nitrogen and oxygen atoms in total. The van der Waals surface area contributed by atoms with Crippen LogP contribution in [-0.2, 0) is 0 Å². The summed E-state index contributed by atoms with van der Waals surface area (Å²) in [6, 6.07) is 11.1. The maximum Gasteiger partial charge on any atom is 0.254 e. The zero-order chi connectivity index (χ0) is 20.4. The van der Waals surface area contributed by atoms with E-state index in [0.29, 0.717) is 10.7 Å². The largest absolute Gasteiger partial charge is 0.619 e. The van der Waals surface area contributed by atoms with Crippen molar-refractivity contribution >= 4 is 28.1 Å². The van der Waals surface area contributed by atoms with Gasteiger partial charge in [-0.05, 0) is 24.3 Å². The number of hydrogen-bond donors (Lipinski definition) is 1. The molecular weight excluding hydrogens is 386 g/mol. The Morgan fingerprint density at radius 3 is 2.79 bits per heavy atom. The lowest BCUT2D eigenvalue weighted by molar-refractivity contribution is -0.894. The van der Waals surface area contributed by atoms with E-state index in [1.54, 1.807) is 6.07 Å². The van der Waals surface area contributed by atoms with Gasteiger partial charge in [0, 0.05) is 22.7 Å². The van der Waals surface area contributed by atoms with E-state index in [-0.39, 0.29) is 5.91 Å². The first-order valence-corrected chi connectivity index (χ1v) is 10.4. The number of thiazole rings is 1. The van der Waals surface area contributed by atoms with Crippen molar-refractivity contribution in [2.75, 3.05) is 45.6 Å². The molecule has 29 heavy (non-hydrogen) atoms. The first-order valence-electron chi connectivity index (χ1n) is 9.53. The molecule has 0 atom stereocenters. The van der Waals surface area contributed by atoms with E-state index in [0.717, 1.165) is 52.3 Å². The highest BCUT2D eigenvalue weighted by Gasteiger charge is 2.27. The van der Waals surface area contributed by atoms with Gasteiger partial charge in [-0.1, -0.05) is 6.07 Å². The molecular formula is C21H24N5O2S+. The number of rotatable bonds is 4. The van der Waals surface area contributed by atoms with E-state index in [4.69, 9.17) is 0 Å². The summed E-state index contributed by atoms with van der Waals surface area (Å²) in [5, 5.41) is 17.4. The van der Waals surface area contributed by atoms with E-state index in [9.17, 15) is 10.0 Å². The van der Waals surface area contributed by atoms with Crippen molar-refractivity contribution in [1.82, 2.24) is 9.88 Å². The molecule has 0 aliphatic carbocycles. The summed E-state index contributed by atoms with van der Waals surface area (Å²) in [5.74, 6) is 0.0671. The Balaban J connectivity index is 1.46. The van der Waals surface area contributed by atoms with Crippen molar-refractivity contribution in [2.45, 2.75) is 0 Å². The van der Waals surface area contributed by atoms with Gasteiger partial charge in [-0.25, -0.2) is 4.98 Å². The van der Waals surface area contributed by atoms with E-state index in [1.165, 1.54) is 23.7 Å². The Bertz CT molecular complexity index is 1020. The van der Waals surface area contributed by atoms with Crippen molar-refractivity contribution < 1.29 is 14.0 Å². The predicted molar refractivity (Wildman–Crippen MR) is 114 cm³/mol. The Hall–Kier alpha value is -2.97. The average molecular weight is 411 g/mol. The molecule has 8 heteroatoms. The molecule has 0 bridgehead atoms. The lowest BCUT2D eigenvalue weighted by atomic mass is 10.1. The number of likely N-dealkylation sites (N-methyl/N-ethyl adjacent to an activating group) is 1. The Morgan fingerprint density at radius 1 is 1.24 bits per heavy atom. The first kappa shape index (κ1) is 19.4. The quantitative estimate of drug-likeness (QED) is 0.408. The third-order valence-corrected chi connectivity index (χ3v) is 5.93. The second-order valence-corrected chi connectivity index (χ2v) is 8.73. The highest BCUT2D eigenvalue weighted by molar-refractivity contribution is 7.14. The number of carbonyl (C=O) groups excluding carboxylic acids is 1. The standard InChI is InChI=1S/C21H24N5O2S/c1-26(2)11-9-24(10-12-26)20(27)16-5-3-7-18(13-16)22-21-23-19(15-29-21)17-6-4-8-25(28)14-17/h3-8,13-15H,9-12H2,1-2H3,(H,22,23)/q+1. The number of carbonyl (C=O) groups is 1. The summed E-state index contributed by atoms with van der Waals surface area (Å²) in [4.78, 5) is 19.4. The van der Waals surface area contributed by atoms with Crippen LogP contribution in [0.3, 0.4) is 0 Å². The molecule has 2 aromatic heterocycles. The molecule has 1 saturated heterocycles. The number of hydrogen-bond acceptors (Lipinski definition) is 5. The summed E-state index contributed by atoms with van der Waals surface area (Å²) in [5.41, 5.74) is 3.00. The molecule has 0 radical (unpaired) electrons. The molecule has 1 fully saturated rings. The minimum atomic E-state index is 0.0671. The Morgan fingerprint density at radius 2 is 2.03 bits per heavy atom. The van der Waals surface area contributed by atoms with Gasteiger partial charge in [0.25, 0.3) is 5.91 Å². The molecule has 3 aromatic rings. The van der Waals surface area contributed by atoms with Crippen LogP contribution in [0.4, 0.5) is 10.8 Å². The monoisotopic (exact) mass is 410 g/mol. The molecule has 4 rings (SSSR count). The normalized spacial score (nSPS) is 15.9. The fourth-order valence-electron chi connectivity index (χ4n) is 3.32. The number of anilines is 2. The fraction of sp³-hybridized carbons (Fsp3) is 0.286. The average Bonchev–Trinajstić information content (AvgIpc) is 3.16. The van der Waals surface area contributed by atoms with Crippen molar-refractivity contribution in [3.05, 3.63) is 64.9 Å². The number of aromatic nitrogens is 2. The van der Waals surface area contributed by atoms with Crippen LogP contribution in [0.15, 0.2) is 54.2 Å². The summed E-state index contributed by atoms with van der Waals surface area (Å²) in [6.07, 6.45) is 2.94. The van der Waals surface area contributed by atoms with Gasteiger partial charge in [-0.2, -0.15) is 4.73 Å². The van der Waals surface area contributed by atoms with Gasteiger partial charge >= 0.3 is 0 Å². The van der Waals surface area contributed by atoms with Gasteiger partial charge in [0.1, 0.15) is 0 Å². The van der Waals surface area contributed by atoms with Crippen LogP contribution in [-0.4, -0.2) is 60.5 Å². The molecule has 0 saturated carbocycles. The van der Waals surface area contributed by atoms with Crippen LogP contribution in [0.5, 0.6) is 0 Å². The Labute approximate surface area is 174 Å². The predicted octanol–water partition coefficient (Wildman–Crippen LogP) is 2.72. The van der Waals surface area contributed by atoms with E-state index in [2.05, 4.69) is 24.4 Å². The van der Waals surface area contributed by atoms with Gasteiger partial charge in [0.15, 0.2) is 17.5 Å². The van der Waals surface area contributed by atoms with Gasteiger partial charge in [0.05, 0.1) is 51.5 Å². The number of nitrogens with one attached hydrogen (secondary N) is 1. The molecule has 1 N–H and O–H groups in total. The summed E-state index contributed by atoms with van der Waals surface area (Å²) >= 11 is 1.46. The molecule has 1 amide bonds. The number of nitrogens with zero attached hydrogens (tertiary/aromatic N) is 4. The van der Waals surface area contributed by atoms with Gasteiger partial charge in [0.2, 0.25) is 0 Å². The fourth-order valence-corrected chi connectivity index (χ4v) is 4.06. The maximum absolute atomic E-state index is 12.9. The lowest BCUT2D eigenvalue weighted by Gasteiger charge is -2.39. The third-order valence-electron chi connectivity index (χ3n) is 5.17. The second-order valence-electron chi connectivity index (χ2n) is 7.87. The van der Waals surface area contributed by atoms with Crippen LogP contribution < -0.4 is 10.0 Å². The van der Waals surface area contributed by atoms with Crippen LogP contribution >= 0.6 is 11.3 Å². The van der Waals surface area contributed by atoms with Crippen molar-refractivity contribution in [2.24, 2.45) is 0 Å². The molecule has 0 unspecified atom stereocenters. The SMILES string of the molecule is C[N+]1(C)CCN(C(=O)c2cccc(Nc3nc(-c4ccc[n+]([O-])c4)cs3)c2)CC1. The zero-order valence-electron chi connectivity index (χ0n) is 16.5. The molecule has 1 aromatic carbocycles. The van der Waals surface area contributed by atoms with E-state index >= 15 is 0 Å². The van der Waals surface area contributed by atoms with Gasteiger partial charge in [-0.3, -0.25) is 4.79 Å². The zero-order valence-corrected chi connectivity index (χ0v) is 17.4. The molecule has 150 valence electrons. The van der Waals surface area contributed by atoms with Crippen LogP contribution in [0, 0.1) is 5.21 Å². The highest BCUT2D eigenvalue weighted by Crippen LogP contribution is 2.27. The smallest absolute Gasteiger partial charge is 0.254 e. The molecule has 0 spiro atoms. The van der Waals surface area contributed by atoms with Crippen LogP contribution in [0.25, 0.3) is 11.3 Å². The topological polar surface area (TPSA) is 72.2 Å². The molecule has 1 aliphatic rings. The lowest BCUT2D eigenvalue weighted by Crippen LogP contribution is -2.56. The minimum Gasteiger partial charge on any atom is -0.619 e. The van der Waals surface area contributed by atoms with Gasteiger partial charge < -0.3 is 19.9 Å². The molecule has 3 heterocycles. The first-order chi connectivity index (χ1) is 13.9. The summed E-state index contributed by atoms with van der Waals surface area (Å²) in [7, 11) is 4.39. The highest BCUT2D eigenvalue weighted by atomic mass is 32.1. The summed E-state index contributed by atoms with van der Waals surface area (Å²) in [6.45, 7) is 3.48. The van der Waals surface area contributed by atoms with E-state index in [1.807, 2.05) is 40.6 Å². The maximum atomic E-state index is 12.9. The Kier molecular flexibility index (Phi) is 5.21. The minimum absolute atomic E-state index is 0.0671. The number of pyridine rings is 1. The number of amides is 1. The van der Waals surface area contributed by atoms with Crippen molar-refractivity contribution in [3.8, 4) is 11.3 Å². The number of piperazine rings is 1. The van der Waals surface area contributed by atoms with Crippen LogP contribution in [0.2, 0.25) is 0 Å². The number of quaternary nitrogens is 1.